The molecule has 2 N–H and O–H groups in total. The molecule has 138 valence electrons. The molecule has 0 spiro atoms. The molecule has 0 bridgehead atoms. The van der Waals surface area contributed by atoms with E-state index in [0.29, 0.717) is 22.3 Å². The van der Waals surface area contributed by atoms with E-state index < -0.39 is 11.9 Å². The lowest BCUT2D eigenvalue weighted by Crippen LogP contribution is -2.48. The average molecular weight is 377 g/mol. The van der Waals surface area contributed by atoms with Crippen LogP contribution in [0.15, 0.2) is 24.3 Å². The van der Waals surface area contributed by atoms with Gasteiger partial charge >= 0.3 is 6.03 Å². The molecule has 3 rings (SSSR count). The third kappa shape index (κ3) is 4.57. The van der Waals surface area contributed by atoms with Crippen molar-refractivity contribution in [2.24, 2.45) is 5.92 Å². The van der Waals surface area contributed by atoms with E-state index in [-0.39, 0.29) is 12.6 Å². The van der Waals surface area contributed by atoms with Gasteiger partial charge in [0, 0.05) is 11.6 Å². The van der Waals surface area contributed by atoms with E-state index in [0.717, 1.165) is 24.1 Å². The van der Waals surface area contributed by atoms with Gasteiger partial charge in [0.15, 0.2) is 0 Å². The monoisotopic (exact) mass is 376 g/mol. The molecule has 26 heavy (non-hydrogen) atoms. The zero-order valence-corrected chi connectivity index (χ0v) is 15.2. The van der Waals surface area contributed by atoms with Gasteiger partial charge in [-0.2, -0.15) is 4.80 Å². The van der Waals surface area contributed by atoms with E-state index in [2.05, 4.69) is 33.0 Å². The summed E-state index contributed by atoms with van der Waals surface area (Å²) in [5, 5.41) is 17.5. The van der Waals surface area contributed by atoms with Gasteiger partial charge in [-0.15, -0.1) is 10.2 Å². The predicted octanol–water partition coefficient (Wildman–Crippen LogP) is 2.40. The van der Waals surface area contributed by atoms with Gasteiger partial charge in [0.25, 0.3) is 5.91 Å². The fourth-order valence-corrected chi connectivity index (χ4v) is 3.31. The Labute approximate surface area is 156 Å². The van der Waals surface area contributed by atoms with Crippen molar-refractivity contribution in [3.63, 3.8) is 0 Å². The van der Waals surface area contributed by atoms with Crippen molar-refractivity contribution in [3.8, 4) is 11.4 Å². The van der Waals surface area contributed by atoms with Crippen molar-refractivity contribution >= 4 is 23.5 Å². The predicted molar refractivity (Wildman–Crippen MR) is 96.4 cm³/mol. The highest BCUT2D eigenvalue weighted by atomic mass is 35.5. The summed E-state index contributed by atoms with van der Waals surface area (Å²) in [6.07, 6.45) is 4.31. The van der Waals surface area contributed by atoms with Crippen LogP contribution in [0.1, 0.15) is 32.6 Å². The lowest BCUT2D eigenvalue weighted by atomic mass is 9.86. The van der Waals surface area contributed by atoms with Crippen molar-refractivity contribution in [1.29, 1.82) is 0 Å². The first-order chi connectivity index (χ1) is 12.5. The van der Waals surface area contributed by atoms with E-state index in [1.807, 2.05) is 6.07 Å². The van der Waals surface area contributed by atoms with Crippen LogP contribution in [0.25, 0.3) is 11.4 Å². The maximum atomic E-state index is 12.0. The van der Waals surface area contributed by atoms with Crippen LogP contribution in [-0.2, 0) is 11.3 Å². The fourth-order valence-electron chi connectivity index (χ4n) is 3.09. The minimum Gasteiger partial charge on any atom is -0.335 e. The topological polar surface area (TPSA) is 102 Å². The lowest BCUT2D eigenvalue weighted by Gasteiger charge is -2.29. The van der Waals surface area contributed by atoms with Crippen molar-refractivity contribution in [1.82, 2.24) is 30.8 Å². The Kier molecular flexibility index (Phi) is 5.82. The number of nitrogens with zero attached hydrogens (tertiary/aromatic N) is 4. The van der Waals surface area contributed by atoms with Gasteiger partial charge < -0.3 is 5.32 Å². The van der Waals surface area contributed by atoms with E-state index >= 15 is 0 Å². The van der Waals surface area contributed by atoms with Gasteiger partial charge in [0.2, 0.25) is 5.82 Å². The van der Waals surface area contributed by atoms with Gasteiger partial charge in [-0.3, -0.25) is 10.1 Å². The van der Waals surface area contributed by atoms with Crippen LogP contribution in [-0.4, -0.2) is 38.2 Å². The Hall–Kier alpha value is -2.48. The average Bonchev–Trinajstić information content (AvgIpc) is 3.05. The molecule has 1 aliphatic rings. The minimum absolute atomic E-state index is 0.105. The molecule has 0 aliphatic heterocycles. The number of amides is 3. The molecule has 1 aromatic carbocycles. The van der Waals surface area contributed by atoms with Gasteiger partial charge in [-0.05, 0) is 36.1 Å². The number of halogens is 1. The largest absolute Gasteiger partial charge is 0.335 e. The Bertz CT molecular complexity index is 793. The first-order valence-corrected chi connectivity index (χ1v) is 9.04. The van der Waals surface area contributed by atoms with Crippen molar-refractivity contribution in [2.75, 3.05) is 0 Å². The van der Waals surface area contributed by atoms with E-state index in [1.54, 1.807) is 18.2 Å². The van der Waals surface area contributed by atoms with Gasteiger partial charge in [-0.1, -0.05) is 43.5 Å². The quantitative estimate of drug-likeness (QED) is 0.853. The molecule has 9 heteroatoms. The summed E-state index contributed by atoms with van der Waals surface area (Å²) in [7, 11) is 0. The maximum Gasteiger partial charge on any atom is 0.321 e. The number of rotatable bonds is 4. The second kappa shape index (κ2) is 8.27. The number of tetrazole rings is 1. The number of imide groups is 1. The lowest BCUT2D eigenvalue weighted by molar-refractivity contribution is -0.121. The molecular weight excluding hydrogens is 356 g/mol. The minimum atomic E-state index is -0.505. The van der Waals surface area contributed by atoms with Crippen LogP contribution in [0.2, 0.25) is 5.02 Å². The normalized spacial score (nSPS) is 19.8. The molecular formula is C17H21ClN6O2. The molecule has 1 saturated carbocycles. The van der Waals surface area contributed by atoms with Crippen LogP contribution in [0, 0.1) is 5.92 Å². The van der Waals surface area contributed by atoms with E-state index in [4.69, 9.17) is 11.6 Å². The Balaban J connectivity index is 1.54. The number of hydrogen-bond donors (Lipinski definition) is 2. The van der Waals surface area contributed by atoms with Crippen molar-refractivity contribution in [2.45, 2.75) is 45.2 Å². The summed E-state index contributed by atoms with van der Waals surface area (Å²) in [6.45, 7) is 1.91. The molecule has 0 saturated heterocycles. The van der Waals surface area contributed by atoms with Gasteiger partial charge in [0.1, 0.15) is 6.54 Å². The number of nitrogens with one attached hydrogen (secondary N) is 2. The number of urea groups is 1. The third-order valence-corrected chi connectivity index (χ3v) is 4.86. The van der Waals surface area contributed by atoms with Gasteiger partial charge in [-0.25, -0.2) is 4.79 Å². The van der Waals surface area contributed by atoms with Crippen LogP contribution in [0.3, 0.4) is 0 Å². The summed E-state index contributed by atoms with van der Waals surface area (Å²) in [6, 6.07) is 6.72. The van der Waals surface area contributed by atoms with Crippen LogP contribution < -0.4 is 10.6 Å². The number of hydrogen-bond acceptors (Lipinski definition) is 5. The molecule has 1 heterocycles. The smallest absolute Gasteiger partial charge is 0.321 e. The Morgan fingerprint density at radius 1 is 1.27 bits per heavy atom. The van der Waals surface area contributed by atoms with Crippen LogP contribution >= 0.6 is 11.6 Å². The van der Waals surface area contributed by atoms with E-state index in [1.165, 1.54) is 6.42 Å². The summed E-state index contributed by atoms with van der Waals surface area (Å²) in [5.41, 5.74) is 0.629. The fraction of sp³-hybridized carbons (Fsp3) is 0.471. The van der Waals surface area contributed by atoms with Crippen LogP contribution in [0.5, 0.6) is 0 Å². The summed E-state index contributed by atoms with van der Waals surface area (Å²) < 4.78 is 0. The van der Waals surface area contributed by atoms with Crippen molar-refractivity contribution in [3.05, 3.63) is 29.3 Å². The molecule has 3 amide bonds. The number of carbonyl (C=O) groups is 2. The highest BCUT2D eigenvalue weighted by Gasteiger charge is 2.23. The Morgan fingerprint density at radius 3 is 2.81 bits per heavy atom. The summed E-state index contributed by atoms with van der Waals surface area (Å²) in [5.74, 6) is 0.234. The SMILES string of the molecule is C[C@H]1CCCC[C@H]1NC(=O)NC(=O)Cn1nnc(-c2ccccc2Cl)n1. The summed E-state index contributed by atoms with van der Waals surface area (Å²) in [4.78, 5) is 25.2. The first kappa shape index (κ1) is 18.3. The number of benzene rings is 1. The molecule has 8 nitrogen and oxygen atoms in total. The standard InChI is InChI=1S/C17H21ClN6O2/c1-11-6-2-5-9-14(11)19-17(26)20-15(25)10-24-22-16(21-23-24)12-7-3-4-8-13(12)18/h3-4,7-8,11,14H,2,5-6,9-10H2,1H3,(H2,19,20,25,26)/t11-,14+/m0/s1. The molecule has 1 aromatic heterocycles. The second-order valence-electron chi connectivity index (χ2n) is 6.51. The second-order valence-corrected chi connectivity index (χ2v) is 6.92. The van der Waals surface area contributed by atoms with Crippen molar-refractivity contribution < 1.29 is 9.59 Å². The van der Waals surface area contributed by atoms with Gasteiger partial charge in [0.05, 0.1) is 5.02 Å². The molecule has 0 unspecified atom stereocenters. The van der Waals surface area contributed by atoms with Crippen LogP contribution in [0.4, 0.5) is 4.79 Å². The zero-order valence-electron chi connectivity index (χ0n) is 14.5. The first-order valence-electron chi connectivity index (χ1n) is 8.66. The Morgan fingerprint density at radius 2 is 2.04 bits per heavy atom. The number of aromatic nitrogens is 4. The third-order valence-electron chi connectivity index (χ3n) is 4.53. The maximum absolute atomic E-state index is 12.0. The molecule has 1 aliphatic carbocycles. The highest BCUT2D eigenvalue weighted by Crippen LogP contribution is 2.24. The highest BCUT2D eigenvalue weighted by molar-refractivity contribution is 6.33. The zero-order chi connectivity index (χ0) is 18.5. The molecule has 2 aromatic rings. The number of carbonyl (C=O) groups excluding carboxylic acids is 2. The molecule has 2 atom stereocenters. The summed E-state index contributed by atoms with van der Waals surface area (Å²) >= 11 is 6.10. The van der Waals surface area contributed by atoms with E-state index in [9.17, 15) is 9.59 Å². The molecule has 1 fully saturated rings. The molecule has 0 radical (unpaired) electrons.